The number of rotatable bonds is 7. The number of carbonyl (C=O) groups excluding carboxylic acids is 2. The summed E-state index contributed by atoms with van der Waals surface area (Å²) in [5.74, 6) is -4.33. The van der Waals surface area contributed by atoms with Crippen LogP contribution in [-0.4, -0.2) is 49.6 Å². The molecule has 0 spiro atoms. The molecule has 7 N–H and O–H groups in total. The van der Waals surface area contributed by atoms with Gasteiger partial charge in [-0.1, -0.05) is 6.07 Å². The lowest BCUT2D eigenvalue weighted by atomic mass is 10.1. The van der Waals surface area contributed by atoms with E-state index in [2.05, 4.69) is 30.0 Å². The van der Waals surface area contributed by atoms with E-state index in [4.69, 9.17) is 28.4 Å². The SMILES string of the molecule is COC(=O)c1cc(C(=O)O)nc2nc(C(N)=O)nn12.Nc1c(Nc2cc(CNCl)ccc2F)c(=O)c1=O. The van der Waals surface area contributed by atoms with E-state index in [1.54, 1.807) is 6.07 Å². The largest absolute Gasteiger partial charge is 0.477 e. The molecule has 2 heterocycles. The Balaban J connectivity index is 0.000000206. The zero-order valence-corrected chi connectivity index (χ0v) is 19.4. The van der Waals surface area contributed by atoms with Crippen molar-refractivity contribution < 1.29 is 28.6 Å². The van der Waals surface area contributed by atoms with Gasteiger partial charge in [0, 0.05) is 12.6 Å². The normalized spacial score (nSPS) is 10.6. The van der Waals surface area contributed by atoms with Crippen LogP contribution in [0.25, 0.3) is 5.78 Å². The summed E-state index contributed by atoms with van der Waals surface area (Å²) in [4.78, 5) is 65.2. The summed E-state index contributed by atoms with van der Waals surface area (Å²) in [6, 6.07) is 5.21. The quantitative estimate of drug-likeness (QED) is 0.116. The van der Waals surface area contributed by atoms with Gasteiger partial charge < -0.3 is 26.6 Å². The predicted molar refractivity (Wildman–Crippen MR) is 126 cm³/mol. The standard InChI is InChI=1S/C11H9ClFN3O2.C9H7N5O5/c12-15-4-5-1-2-6(13)7(3-5)16-9-8(14)10(17)11(9)18;1-19-8(18)4-2-3(7(16)17)11-9-12-6(5(10)15)13-14(4)9/h1-3,15-16H,4,14H2;2H,1H3,(H2,10,15)(H,16,17). The Labute approximate surface area is 209 Å². The molecule has 4 rings (SSSR count). The Hall–Kier alpha value is -4.96. The number of ether oxygens (including phenoxy) is 1. The number of carboxylic acid groups (broad SMARTS) is 1. The third-order valence-electron chi connectivity index (χ3n) is 4.65. The highest BCUT2D eigenvalue weighted by Crippen LogP contribution is 2.22. The molecule has 0 saturated heterocycles. The molecule has 0 aliphatic carbocycles. The number of nitrogens with zero attached hydrogens (tertiary/aromatic N) is 4. The van der Waals surface area contributed by atoms with Crippen molar-refractivity contribution in [2.45, 2.75) is 6.54 Å². The summed E-state index contributed by atoms with van der Waals surface area (Å²) in [7, 11) is 1.11. The van der Waals surface area contributed by atoms with Gasteiger partial charge >= 0.3 is 11.9 Å². The molecule has 0 saturated carbocycles. The fourth-order valence-corrected chi connectivity index (χ4v) is 3.01. The van der Waals surface area contributed by atoms with Crippen LogP contribution in [0.15, 0.2) is 33.9 Å². The number of primary amides is 1. The number of hydrogen-bond donors (Lipinski definition) is 5. The fourth-order valence-electron chi connectivity index (χ4n) is 2.86. The van der Waals surface area contributed by atoms with Gasteiger partial charge in [0.1, 0.15) is 17.2 Å². The van der Waals surface area contributed by atoms with Gasteiger partial charge in [0.05, 0.1) is 12.8 Å². The second kappa shape index (κ2) is 10.8. The number of esters is 1. The van der Waals surface area contributed by atoms with Crippen molar-refractivity contribution in [2.24, 2.45) is 5.73 Å². The average molecular weight is 535 g/mol. The molecule has 2 aromatic carbocycles. The number of amides is 1. The molecule has 192 valence electrons. The number of hydrogen-bond acceptors (Lipinski definition) is 12. The monoisotopic (exact) mass is 534 g/mol. The number of methoxy groups -OCH3 is 1. The third-order valence-corrected chi connectivity index (χ3v) is 4.79. The molecule has 0 fully saturated rings. The number of carbonyl (C=O) groups is 3. The van der Waals surface area contributed by atoms with Gasteiger partial charge in [0.25, 0.3) is 22.5 Å². The molecule has 0 aliphatic rings. The summed E-state index contributed by atoms with van der Waals surface area (Å²) >= 11 is 5.35. The van der Waals surface area contributed by atoms with E-state index in [-0.39, 0.29) is 34.4 Å². The molecule has 0 atom stereocenters. The maximum Gasteiger partial charge on any atom is 0.356 e. The number of nitrogens with one attached hydrogen (secondary N) is 2. The Bertz CT molecular complexity index is 1610. The molecular formula is C20H16ClFN8O7. The van der Waals surface area contributed by atoms with E-state index >= 15 is 0 Å². The van der Waals surface area contributed by atoms with E-state index in [1.807, 2.05) is 0 Å². The Kier molecular flexibility index (Phi) is 7.74. The fraction of sp³-hybridized carbons (Fsp3) is 0.100. The van der Waals surface area contributed by atoms with Crippen LogP contribution < -0.4 is 32.5 Å². The lowest BCUT2D eigenvalue weighted by molar-refractivity contribution is 0.0590. The third kappa shape index (κ3) is 5.49. The van der Waals surface area contributed by atoms with Crippen LogP contribution in [0.3, 0.4) is 0 Å². The highest BCUT2D eigenvalue weighted by Gasteiger charge is 2.21. The number of carboxylic acids is 1. The van der Waals surface area contributed by atoms with Crippen LogP contribution in [0, 0.1) is 5.82 Å². The second-order valence-electron chi connectivity index (χ2n) is 7.03. The van der Waals surface area contributed by atoms with E-state index in [9.17, 15) is 28.4 Å². The number of fused-ring (bicyclic) bond motifs is 1. The minimum absolute atomic E-state index is 0.0678. The predicted octanol–water partition coefficient (Wildman–Crippen LogP) is -0.301. The van der Waals surface area contributed by atoms with Crippen molar-refractivity contribution in [3.8, 4) is 0 Å². The number of halogens is 2. The Morgan fingerprint density at radius 3 is 2.46 bits per heavy atom. The van der Waals surface area contributed by atoms with Gasteiger partial charge in [0.2, 0.25) is 5.82 Å². The number of aromatic carboxylic acids is 1. The van der Waals surface area contributed by atoms with Crippen LogP contribution >= 0.6 is 11.8 Å². The molecule has 0 radical (unpaired) electrons. The van der Waals surface area contributed by atoms with Gasteiger partial charge in [-0.25, -0.2) is 23.8 Å². The van der Waals surface area contributed by atoms with E-state index < -0.39 is 40.2 Å². The highest BCUT2D eigenvalue weighted by molar-refractivity contribution is 6.13. The average Bonchev–Trinajstić information content (AvgIpc) is 3.32. The van der Waals surface area contributed by atoms with Gasteiger partial charge in [-0.3, -0.25) is 14.4 Å². The topological polar surface area (TPSA) is 234 Å². The van der Waals surface area contributed by atoms with Crippen LogP contribution in [0.4, 0.5) is 21.5 Å². The lowest BCUT2D eigenvalue weighted by Gasteiger charge is -2.11. The van der Waals surface area contributed by atoms with Gasteiger partial charge in [-0.05, 0) is 29.5 Å². The minimum Gasteiger partial charge on any atom is -0.477 e. The molecule has 4 aromatic rings. The zero-order chi connectivity index (χ0) is 27.4. The first-order chi connectivity index (χ1) is 17.5. The van der Waals surface area contributed by atoms with E-state index in [0.29, 0.717) is 12.1 Å². The Morgan fingerprint density at radius 1 is 1.19 bits per heavy atom. The second-order valence-corrected chi connectivity index (χ2v) is 7.30. The highest BCUT2D eigenvalue weighted by atomic mass is 35.5. The number of anilines is 3. The van der Waals surface area contributed by atoms with Crippen molar-refractivity contribution in [1.29, 1.82) is 0 Å². The molecule has 17 heteroatoms. The van der Waals surface area contributed by atoms with Crippen molar-refractivity contribution in [1.82, 2.24) is 24.4 Å². The first-order valence-corrected chi connectivity index (χ1v) is 10.2. The first-order valence-electron chi connectivity index (χ1n) is 9.85. The van der Waals surface area contributed by atoms with Gasteiger partial charge in [0.15, 0.2) is 11.4 Å². The number of nitrogens with two attached hydrogens (primary N) is 2. The van der Waals surface area contributed by atoms with Crippen molar-refractivity contribution in [3.05, 3.63) is 73.3 Å². The number of nitrogen functional groups attached to an aromatic ring is 1. The summed E-state index contributed by atoms with van der Waals surface area (Å²) < 4.78 is 18.9. The molecule has 15 nitrogen and oxygen atoms in total. The molecule has 37 heavy (non-hydrogen) atoms. The van der Waals surface area contributed by atoms with Crippen molar-refractivity contribution >= 4 is 52.5 Å². The summed E-state index contributed by atoms with van der Waals surface area (Å²) in [5, 5.41) is 15.0. The Morgan fingerprint density at radius 2 is 1.89 bits per heavy atom. The van der Waals surface area contributed by atoms with Gasteiger partial charge in [-0.2, -0.15) is 9.50 Å². The first kappa shape index (κ1) is 26.6. The van der Waals surface area contributed by atoms with E-state index in [1.165, 1.54) is 12.1 Å². The molecule has 0 aliphatic heterocycles. The molecule has 2 aromatic heterocycles. The zero-order valence-electron chi connectivity index (χ0n) is 18.6. The van der Waals surface area contributed by atoms with Crippen LogP contribution in [0.2, 0.25) is 0 Å². The maximum atomic E-state index is 13.5. The summed E-state index contributed by atoms with van der Waals surface area (Å²) in [6.07, 6.45) is 0. The lowest BCUT2D eigenvalue weighted by Crippen LogP contribution is -2.36. The van der Waals surface area contributed by atoms with Crippen molar-refractivity contribution in [3.63, 3.8) is 0 Å². The maximum absolute atomic E-state index is 13.5. The van der Waals surface area contributed by atoms with Crippen LogP contribution in [0.1, 0.15) is 37.2 Å². The molecule has 1 amide bonds. The molecular weight excluding hydrogens is 519 g/mol. The van der Waals surface area contributed by atoms with Crippen LogP contribution in [-0.2, 0) is 11.3 Å². The summed E-state index contributed by atoms with van der Waals surface area (Å²) in [5.41, 5.74) is 8.70. The van der Waals surface area contributed by atoms with E-state index in [0.717, 1.165) is 17.7 Å². The molecule has 0 unspecified atom stereocenters. The summed E-state index contributed by atoms with van der Waals surface area (Å²) in [6.45, 7) is 0.331. The number of benzene rings is 1. The smallest absolute Gasteiger partial charge is 0.356 e. The van der Waals surface area contributed by atoms with Gasteiger partial charge in [-0.15, -0.1) is 5.10 Å². The molecule has 0 bridgehead atoms. The van der Waals surface area contributed by atoms with Crippen molar-refractivity contribution in [2.75, 3.05) is 18.2 Å². The van der Waals surface area contributed by atoms with Crippen LogP contribution in [0.5, 0.6) is 0 Å². The number of aromatic nitrogens is 4. The minimum atomic E-state index is -1.36.